The molecule has 0 saturated carbocycles. The van der Waals surface area contributed by atoms with Crippen LogP contribution < -0.4 is 0 Å². The zero-order valence-corrected chi connectivity index (χ0v) is 10.7. The molecule has 0 aliphatic heterocycles. The van der Waals surface area contributed by atoms with E-state index in [9.17, 15) is 0 Å². The Balaban J connectivity index is 2.24. The van der Waals surface area contributed by atoms with Crippen molar-refractivity contribution in [1.82, 2.24) is 0 Å². The smallest absolute Gasteiger partial charge is 0.00670 e. The molecule has 2 aromatic carbocycles. The first-order chi connectivity index (χ1) is 8.33. The van der Waals surface area contributed by atoms with E-state index >= 15 is 0 Å². The van der Waals surface area contributed by atoms with Crippen molar-refractivity contribution >= 4 is 10.8 Å². The van der Waals surface area contributed by atoms with Crippen molar-refractivity contribution in [3.05, 3.63) is 59.7 Å². The van der Waals surface area contributed by atoms with Crippen LogP contribution in [0.3, 0.4) is 0 Å². The van der Waals surface area contributed by atoms with E-state index in [1.165, 1.54) is 29.2 Å². The van der Waals surface area contributed by atoms with Crippen molar-refractivity contribution < 1.29 is 0 Å². The van der Waals surface area contributed by atoms with Crippen LogP contribution in [0.2, 0.25) is 0 Å². The summed E-state index contributed by atoms with van der Waals surface area (Å²) in [6, 6.07) is 15.3. The molecule has 0 fully saturated rings. The van der Waals surface area contributed by atoms with Crippen LogP contribution in [0.15, 0.2) is 54.1 Å². The molecule has 0 aliphatic rings. The van der Waals surface area contributed by atoms with E-state index in [1.54, 1.807) is 5.57 Å². The summed E-state index contributed by atoms with van der Waals surface area (Å²) in [4.78, 5) is 0. The Morgan fingerprint density at radius 3 is 2.53 bits per heavy atom. The highest BCUT2D eigenvalue weighted by atomic mass is 14.0. The van der Waals surface area contributed by atoms with E-state index in [-0.39, 0.29) is 0 Å². The Morgan fingerprint density at radius 1 is 1.06 bits per heavy atom. The molecule has 2 rings (SSSR count). The van der Waals surface area contributed by atoms with Crippen molar-refractivity contribution in [2.75, 3.05) is 0 Å². The zero-order valence-electron chi connectivity index (χ0n) is 10.7. The molecule has 0 radical (unpaired) electrons. The number of rotatable bonds is 4. The molecule has 0 unspecified atom stereocenters. The third-order valence-corrected chi connectivity index (χ3v) is 3.22. The lowest BCUT2D eigenvalue weighted by atomic mass is 9.99. The van der Waals surface area contributed by atoms with Gasteiger partial charge in [0, 0.05) is 0 Å². The minimum absolute atomic E-state index is 1.09. The summed E-state index contributed by atoms with van der Waals surface area (Å²) in [5.41, 5.74) is 2.97. The Morgan fingerprint density at radius 2 is 1.82 bits per heavy atom. The zero-order chi connectivity index (χ0) is 12.1. The molecule has 0 atom stereocenters. The molecule has 0 aromatic heterocycles. The van der Waals surface area contributed by atoms with Gasteiger partial charge in [0.15, 0.2) is 0 Å². The molecule has 17 heavy (non-hydrogen) atoms. The minimum Gasteiger partial charge on any atom is -0.0881 e. The molecule has 0 amide bonds. The van der Waals surface area contributed by atoms with Crippen molar-refractivity contribution in [2.24, 2.45) is 0 Å². The summed E-state index contributed by atoms with van der Waals surface area (Å²) in [5, 5.41) is 2.67. The number of fused-ring (bicyclic) bond motifs is 1. The Hall–Kier alpha value is -1.56. The molecule has 0 heterocycles. The van der Waals surface area contributed by atoms with Gasteiger partial charge in [-0.3, -0.25) is 0 Å². The van der Waals surface area contributed by atoms with Gasteiger partial charge in [0.05, 0.1) is 0 Å². The minimum atomic E-state index is 1.09. The Kier molecular flexibility index (Phi) is 3.98. The SMILES string of the molecule is C/C=C(/CCC)Cc1ccc2ccccc2c1. The second-order valence-electron chi connectivity index (χ2n) is 4.56. The molecule has 0 N–H and O–H groups in total. The van der Waals surface area contributed by atoms with Crippen LogP contribution >= 0.6 is 0 Å². The molecule has 0 aliphatic carbocycles. The van der Waals surface area contributed by atoms with Gasteiger partial charge < -0.3 is 0 Å². The van der Waals surface area contributed by atoms with E-state index in [1.807, 2.05) is 0 Å². The van der Waals surface area contributed by atoms with Gasteiger partial charge in [0.2, 0.25) is 0 Å². The summed E-state index contributed by atoms with van der Waals surface area (Å²) in [5.74, 6) is 0. The highest BCUT2D eigenvalue weighted by molar-refractivity contribution is 5.83. The predicted molar refractivity (Wildman–Crippen MR) is 76.3 cm³/mol. The molecular weight excluding hydrogens is 204 g/mol. The maximum absolute atomic E-state index is 2.31. The Labute approximate surface area is 104 Å². The summed E-state index contributed by atoms with van der Waals surface area (Å²) in [6.45, 7) is 4.38. The van der Waals surface area contributed by atoms with Gasteiger partial charge in [-0.15, -0.1) is 0 Å². The quantitative estimate of drug-likeness (QED) is 0.632. The van der Waals surface area contributed by atoms with Crippen molar-refractivity contribution in [2.45, 2.75) is 33.1 Å². The average Bonchev–Trinajstić information content (AvgIpc) is 2.38. The van der Waals surface area contributed by atoms with Crippen LogP contribution in [0, 0.1) is 0 Å². The highest BCUT2D eigenvalue weighted by Gasteiger charge is 1.99. The van der Waals surface area contributed by atoms with Gasteiger partial charge in [-0.25, -0.2) is 0 Å². The molecule has 0 heteroatoms. The third-order valence-electron chi connectivity index (χ3n) is 3.22. The fraction of sp³-hybridized carbons (Fsp3) is 0.294. The topological polar surface area (TPSA) is 0 Å². The molecule has 88 valence electrons. The lowest BCUT2D eigenvalue weighted by molar-refractivity contribution is 0.868. The largest absolute Gasteiger partial charge is 0.0881 e. The van der Waals surface area contributed by atoms with E-state index in [4.69, 9.17) is 0 Å². The maximum atomic E-state index is 2.31. The molecule has 0 spiro atoms. The van der Waals surface area contributed by atoms with E-state index in [2.05, 4.69) is 62.4 Å². The van der Waals surface area contributed by atoms with Crippen molar-refractivity contribution in [3.63, 3.8) is 0 Å². The standard InChI is InChI=1S/C17H20/c1-3-7-14(4-2)12-15-10-11-16-8-5-6-9-17(16)13-15/h4-6,8-11,13H,3,7,12H2,1-2H3/b14-4-. The average molecular weight is 224 g/mol. The van der Waals surface area contributed by atoms with Crippen molar-refractivity contribution in [1.29, 1.82) is 0 Å². The number of hydrogen-bond acceptors (Lipinski definition) is 0. The van der Waals surface area contributed by atoms with Crippen LogP contribution in [-0.4, -0.2) is 0 Å². The molecule has 0 nitrogen and oxygen atoms in total. The molecular formula is C17H20. The van der Waals surface area contributed by atoms with Crippen LogP contribution in [-0.2, 0) is 6.42 Å². The maximum Gasteiger partial charge on any atom is -0.00670 e. The van der Waals surface area contributed by atoms with Crippen LogP contribution in [0.4, 0.5) is 0 Å². The number of benzene rings is 2. The predicted octanol–water partition coefficient (Wildman–Crippen LogP) is 5.13. The van der Waals surface area contributed by atoms with Gasteiger partial charge in [0.1, 0.15) is 0 Å². The van der Waals surface area contributed by atoms with E-state index in [0.717, 1.165) is 6.42 Å². The number of allylic oxidation sites excluding steroid dienone is 2. The number of hydrogen-bond donors (Lipinski definition) is 0. The van der Waals surface area contributed by atoms with E-state index < -0.39 is 0 Å². The molecule has 0 saturated heterocycles. The summed E-state index contributed by atoms with van der Waals surface area (Å²) in [7, 11) is 0. The van der Waals surface area contributed by atoms with Crippen molar-refractivity contribution in [3.8, 4) is 0 Å². The highest BCUT2D eigenvalue weighted by Crippen LogP contribution is 2.19. The fourth-order valence-corrected chi connectivity index (χ4v) is 2.27. The van der Waals surface area contributed by atoms with Gasteiger partial charge in [0.25, 0.3) is 0 Å². The molecule has 0 bridgehead atoms. The monoisotopic (exact) mass is 224 g/mol. The normalized spacial score (nSPS) is 12.0. The van der Waals surface area contributed by atoms with E-state index in [0.29, 0.717) is 0 Å². The summed E-state index contributed by atoms with van der Waals surface area (Å²) < 4.78 is 0. The first kappa shape index (κ1) is 11.9. The van der Waals surface area contributed by atoms with Crippen LogP contribution in [0.1, 0.15) is 32.3 Å². The third kappa shape index (κ3) is 2.97. The first-order valence-corrected chi connectivity index (χ1v) is 6.45. The second kappa shape index (κ2) is 5.67. The van der Waals surface area contributed by atoms with Crippen LogP contribution in [0.5, 0.6) is 0 Å². The van der Waals surface area contributed by atoms with Crippen LogP contribution in [0.25, 0.3) is 10.8 Å². The van der Waals surface area contributed by atoms with Gasteiger partial charge in [-0.1, -0.05) is 67.5 Å². The van der Waals surface area contributed by atoms with Gasteiger partial charge >= 0.3 is 0 Å². The van der Waals surface area contributed by atoms with Gasteiger partial charge in [-0.2, -0.15) is 0 Å². The Bertz CT molecular complexity index is 520. The summed E-state index contributed by atoms with van der Waals surface area (Å²) in [6.07, 6.45) is 5.80. The summed E-state index contributed by atoms with van der Waals surface area (Å²) >= 11 is 0. The fourth-order valence-electron chi connectivity index (χ4n) is 2.27. The first-order valence-electron chi connectivity index (χ1n) is 6.45. The lowest BCUT2D eigenvalue weighted by Gasteiger charge is -2.07. The van der Waals surface area contributed by atoms with Gasteiger partial charge in [-0.05, 0) is 36.1 Å². The molecule has 2 aromatic rings. The lowest BCUT2D eigenvalue weighted by Crippen LogP contribution is -1.90. The second-order valence-corrected chi connectivity index (χ2v) is 4.56.